The molecular formula is C20H18N4O3S. The Morgan fingerprint density at radius 3 is 2.46 bits per heavy atom. The van der Waals surface area contributed by atoms with Crippen LogP contribution in [0.2, 0.25) is 0 Å². The molecule has 0 fully saturated rings. The van der Waals surface area contributed by atoms with Crippen LogP contribution in [0.4, 0.5) is 17.2 Å². The van der Waals surface area contributed by atoms with E-state index in [1.807, 2.05) is 13.0 Å². The summed E-state index contributed by atoms with van der Waals surface area (Å²) in [6, 6.07) is 18.5. The highest BCUT2D eigenvalue weighted by Gasteiger charge is 2.14. The van der Waals surface area contributed by atoms with Crippen LogP contribution >= 0.6 is 0 Å². The molecule has 7 nitrogen and oxygen atoms in total. The average molecular weight is 394 g/mol. The Kier molecular flexibility index (Phi) is 5.77. The molecule has 0 aliphatic rings. The molecule has 3 aromatic rings. The van der Waals surface area contributed by atoms with Gasteiger partial charge in [0.15, 0.2) is 0 Å². The zero-order valence-corrected chi connectivity index (χ0v) is 15.9. The second-order valence-corrected chi connectivity index (χ2v) is 7.41. The van der Waals surface area contributed by atoms with E-state index >= 15 is 0 Å². The molecule has 2 N–H and O–H groups in total. The Morgan fingerprint density at radius 2 is 1.82 bits per heavy atom. The summed E-state index contributed by atoms with van der Waals surface area (Å²) in [6.45, 7) is 2.37. The zero-order valence-electron chi connectivity index (χ0n) is 15.1. The number of para-hydroxylation sites is 1. The molecular weight excluding hydrogens is 376 g/mol. The topological polar surface area (TPSA) is 104 Å². The molecule has 0 spiro atoms. The molecule has 0 aliphatic carbocycles. The van der Waals surface area contributed by atoms with Crippen LogP contribution in [0.15, 0.2) is 71.8 Å². The van der Waals surface area contributed by atoms with Crippen molar-refractivity contribution in [2.45, 2.75) is 11.8 Å². The van der Waals surface area contributed by atoms with Gasteiger partial charge in [-0.1, -0.05) is 12.1 Å². The van der Waals surface area contributed by atoms with Crippen LogP contribution in [-0.2, 0) is 10.0 Å². The summed E-state index contributed by atoms with van der Waals surface area (Å²) < 4.78 is 32.8. The number of rotatable bonds is 7. The molecule has 0 saturated carbocycles. The zero-order chi connectivity index (χ0) is 20.0. The van der Waals surface area contributed by atoms with Crippen molar-refractivity contribution in [3.05, 3.63) is 72.4 Å². The average Bonchev–Trinajstić information content (AvgIpc) is 2.70. The number of nitrogens with zero attached hydrogens (tertiary/aromatic N) is 2. The van der Waals surface area contributed by atoms with Gasteiger partial charge in [-0.2, -0.15) is 5.26 Å². The number of benzene rings is 2. The van der Waals surface area contributed by atoms with Gasteiger partial charge in [0.25, 0.3) is 10.0 Å². The first kappa shape index (κ1) is 19.2. The Labute approximate surface area is 163 Å². The van der Waals surface area contributed by atoms with Crippen molar-refractivity contribution >= 4 is 27.2 Å². The van der Waals surface area contributed by atoms with Crippen LogP contribution in [0.5, 0.6) is 5.75 Å². The van der Waals surface area contributed by atoms with Gasteiger partial charge < -0.3 is 10.1 Å². The first-order valence-corrected chi connectivity index (χ1v) is 9.98. The number of aromatic nitrogens is 1. The monoisotopic (exact) mass is 394 g/mol. The van der Waals surface area contributed by atoms with E-state index in [0.29, 0.717) is 35.1 Å². The highest BCUT2D eigenvalue weighted by atomic mass is 32.2. The van der Waals surface area contributed by atoms with Crippen molar-refractivity contribution in [1.82, 2.24) is 4.98 Å². The van der Waals surface area contributed by atoms with E-state index in [0.717, 1.165) is 0 Å². The van der Waals surface area contributed by atoms with E-state index in [4.69, 9.17) is 10.00 Å². The van der Waals surface area contributed by atoms with Crippen LogP contribution in [0.1, 0.15) is 12.5 Å². The quantitative estimate of drug-likeness (QED) is 0.630. The van der Waals surface area contributed by atoms with E-state index in [9.17, 15) is 8.42 Å². The van der Waals surface area contributed by atoms with Gasteiger partial charge in [-0.05, 0) is 55.5 Å². The van der Waals surface area contributed by atoms with Crippen LogP contribution in [0.3, 0.4) is 0 Å². The van der Waals surface area contributed by atoms with E-state index in [-0.39, 0.29) is 4.90 Å². The maximum Gasteiger partial charge on any atom is 0.261 e. The fourth-order valence-corrected chi connectivity index (χ4v) is 3.49. The number of anilines is 3. The van der Waals surface area contributed by atoms with Crippen molar-refractivity contribution in [2.24, 2.45) is 0 Å². The van der Waals surface area contributed by atoms with Crippen LogP contribution in [0.25, 0.3) is 0 Å². The first-order chi connectivity index (χ1) is 13.5. The lowest BCUT2D eigenvalue weighted by molar-refractivity contribution is 0.340. The number of hydrogen-bond donors (Lipinski definition) is 2. The van der Waals surface area contributed by atoms with Crippen molar-refractivity contribution in [3.63, 3.8) is 0 Å². The van der Waals surface area contributed by atoms with Gasteiger partial charge in [-0.3, -0.25) is 4.72 Å². The van der Waals surface area contributed by atoms with Crippen molar-refractivity contribution in [3.8, 4) is 11.8 Å². The lowest BCUT2D eigenvalue weighted by Crippen LogP contribution is -2.13. The van der Waals surface area contributed by atoms with Crippen molar-refractivity contribution in [2.75, 3.05) is 16.6 Å². The van der Waals surface area contributed by atoms with E-state index in [1.165, 1.54) is 18.3 Å². The molecule has 3 rings (SSSR count). The maximum absolute atomic E-state index is 12.5. The molecule has 0 amide bonds. The Hall–Kier alpha value is -3.57. The minimum Gasteiger partial charge on any atom is -0.494 e. The maximum atomic E-state index is 12.5. The Bertz CT molecular complexity index is 1090. The Morgan fingerprint density at radius 1 is 1.07 bits per heavy atom. The second kappa shape index (κ2) is 8.41. The van der Waals surface area contributed by atoms with Gasteiger partial charge in [0.2, 0.25) is 0 Å². The van der Waals surface area contributed by atoms with Gasteiger partial charge >= 0.3 is 0 Å². The molecule has 0 aliphatic heterocycles. The molecule has 28 heavy (non-hydrogen) atoms. The summed E-state index contributed by atoms with van der Waals surface area (Å²) in [5.41, 5.74) is 1.44. The fraction of sp³-hybridized carbons (Fsp3) is 0.100. The lowest BCUT2D eigenvalue weighted by Gasteiger charge is -2.10. The summed E-state index contributed by atoms with van der Waals surface area (Å²) >= 11 is 0. The molecule has 0 saturated heterocycles. The van der Waals surface area contributed by atoms with Gasteiger partial charge in [0, 0.05) is 0 Å². The number of pyridine rings is 1. The molecule has 8 heteroatoms. The number of nitriles is 1. The van der Waals surface area contributed by atoms with Crippen LogP contribution in [0, 0.1) is 11.3 Å². The summed E-state index contributed by atoms with van der Waals surface area (Å²) in [6.07, 6.45) is 1.41. The van der Waals surface area contributed by atoms with Crippen molar-refractivity contribution in [1.29, 1.82) is 5.26 Å². The number of hydrogen-bond acceptors (Lipinski definition) is 6. The number of ether oxygens (including phenoxy) is 1. The fourth-order valence-electron chi connectivity index (χ4n) is 2.45. The minimum atomic E-state index is -3.74. The molecule has 0 bridgehead atoms. The predicted molar refractivity (Wildman–Crippen MR) is 107 cm³/mol. The van der Waals surface area contributed by atoms with Crippen molar-refractivity contribution < 1.29 is 13.2 Å². The highest BCUT2D eigenvalue weighted by molar-refractivity contribution is 7.92. The molecule has 142 valence electrons. The smallest absolute Gasteiger partial charge is 0.261 e. The number of sulfonamides is 1. The molecule has 0 radical (unpaired) electrons. The standard InChI is InChI=1S/C20H18N4O3S/c1-2-27-17-8-10-18(11-9-17)28(25,26)24-16-7-12-20(22-14-16)23-19-6-4-3-5-15(19)13-21/h3-12,14,24H,2H2,1H3,(H,22,23). The molecule has 0 unspecified atom stereocenters. The minimum absolute atomic E-state index is 0.126. The molecule has 2 aromatic carbocycles. The van der Waals surface area contributed by atoms with Gasteiger partial charge in [-0.15, -0.1) is 0 Å². The molecule has 1 heterocycles. The largest absolute Gasteiger partial charge is 0.494 e. The van der Waals surface area contributed by atoms with E-state index in [1.54, 1.807) is 42.5 Å². The summed E-state index contributed by atoms with van der Waals surface area (Å²) in [5.74, 6) is 1.10. The van der Waals surface area contributed by atoms with Gasteiger partial charge in [0.1, 0.15) is 17.6 Å². The highest BCUT2D eigenvalue weighted by Crippen LogP contribution is 2.22. The third kappa shape index (κ3) is 4.58. The van der Waals surface area contributed by atoms with Gasteiger partial charge in [-0.25, -0.2) is 13.4 Å². The van der Waals surface area contributed by atoms with E-state index in [2.05, 4.69) is 21.1 Å². The first-order valence-electron chi connectivity index (χ1n) is 8.49. The summed E-state index contributed by atoms with van der Waals surface area (Å²) in [5, 5.41) is 12.2. The third-order valence-electron chi connectivity index (χ3n) is 3.77. The second-order valence-electron chi connectivity index (χ2n) is 5.72. The van der Waals surface area contributed by atoms with Gasteiger partial charge in [0.05, 0.1) is 34.6 Å². The molecule has 0 atom stereocenters. The Balaban J connectivity index is 1.72. The normalized spacial score (nSPS) is 10.7. The predicted octanol–water partition coefficient (Wildman–Crippen LogP) is 3.90. The van der Waals surface area contributed by atoms with E-state index < -0.39 is 10.0 Å². The third-order valence-corrected chi connectivity index (χ3v) is 5.17. The summed E-state index contributed by atoms with van der Waals surface area (Å²) in [7, 11) is -3.74. The van der Waals surface area contributed by atoms with Crippen LogP contribution < -0.4 is 14.8 Å². The SMILES string of the molecule is CCOc1ccc(S(=O)(=O)Nc2ccc(Nc3ccccc3C#N)nc2)cc1. The molecule has 1 aromatic heterocycles. The summed E-state index contributed by atoms with van der Waals surface area (Å²) in [4.78, 5) is 4.32. The number of nitrogens with one attached hydrogen (secondary N) is 2. The lowest BCUT2D eigenvalue weighted by atomic mass is 10.2. The van der Waals surface area contributed by atoms with Crippen LogP contribution in [-0.4, -0.2) is 20.0 Å².